The molecule has 0 aliphatic heterocycles. The molecule has 1 N–H and O–H groups in total. The van der Waals surface area contributed by atoms with Crippen molar-refractivity contribution in [2.24, 2.45) is 0 Å². The topological polar surface area (TPSA) is 72.0 Å². The summed E-state index contributed by atoms with van der Waals surface area (Å²) in [7, 11) is -3.69. The molecule has 2 aromatic carbocycles. The van der Waals surface area contributed by atoms with Crippen LogP contribution >= 0.6 is 0 Å². The Hall–Kier alpha value is -2.47. The second-order valence-corrected chi connectivity index (χ2v) is 7.57. The van der Waals surface area contributed by atoms with Crippen molar-refractivity contribution in [3.63, 3.8) is 0 Å². The van der Waals surface area contributed by atoms with Gasteiger partial charge >= 0.3 is 0 Å². The van der Waals surface area contributed by atoms with Gasteiger partial charge < -0.3 is 0 Å². The molecule has 0 bridgehead atoms. The van der Waals surface area contributed by atoms with E-state index in [1.807, 2.05) is 33.8 Å². The summed E-state index contributed by atoms with van der Waals surface area (Å²) in [6.07, 6.45) is 3.19. The van der Waals surface area contributed by atoms with Gasteiger partial charge in [-0.15, -0.1) is 0 Å². The molecule has 0 aliphatic carbocycles. The molecule has 5 nitrogen and oxygen atoms in total. The highest BCUT2D eigenvalue weighted by atomic mass is 32.2. The lowest BCUT2D eigenvalue weighted by molar-refractivity contribution is 0.599. The summed E-state index contributed by atoms with van der Waals surface area (Å²) in [6, 6.07) is 7.14. The molecular weight excluding hydrogens is 322 g/mol. The van der Waals surface area contributed by atoms with E-state index in [4.69, 9.17) is 0 Å². The maximum absolute atomic E-state index is 12.9. The van der Waals surface area contributed by atoms with Crippen molar-refractivity contribution in [1.82, 2.24) is 9.97 Å². The van der Waals surface area contributed by atoms with E-state index in [2.05, 4.69) is 14.7 Å². The van der Waals surface area contributed by atoms with Crippen LogP contribution in [0.25, 0.3) is 11.0 Å². The zero-order chi connectivity index (χ0) is 17.5. The van der Waals surface area contributed by atoms with Crippen molar-refractivity contribution in [3.8, 4) is 0 Å². The largest absolute Gasteiger partial charge is 0.280 e. The quantitative estimate of drug-likeness (QED) is 0.789. The van der Waals surface area contributed by atoms with Crippen molar-refractivity contribution in [3.05, 3.63) is 58.9 Å². The van der Waals surface area contributed by atoms with Gasteiger partial charge in [-0.25, -0.2) is 8.42 Å². The molecule has 0 spiro atoms. The number of anilines is 1. The van der Waals surface area contributed by atoms with E-state index in [1.165, 1.54) is 0 Å². The Bertz CT molecular complexity index is 1020. The fourth-order valence-electron chi connectivity index (χ4n) is 2.82. The van der Waals surface area contributed by atoms with Gasteiger partial charge in [0, 0.05) is 12.4 Å². The highest BCUT2D eigenvalue weighted by Crippen LogP contribution is 2.28. The number of hydrogen-bond donors (Lipinski definition) is 1. The Balaban J connectivity index is 2.08. The molecule has 1 aromatic heterocycles. The lowest BCUT2D eigenvalue weighted by Crippen LogP contribution is -2.17. The van der Waals surface area contributed by atoms with E-state index in [0.717, 1.165) is 27.8 Å². The molecule has 0 radical (unpaired) electrons. The molecule has 3 rings (SSSR count). The Kier molecular flexibility index (Phi) is 4.01. The van der Waals surface area contributed by atoms with Crippen molar-refractivity contribution in [2.75, 3.05) is 4.72 Å². The number of nitrogens with one attached hydrogen (secondary N) is 1. The number of aryl methyl sites for hydroxylation is 2. The van der Waals surface area contributed by atoms with Crippen LogP contribution in [0.3, 0.4) is 0 Å². The Morgan fingerprint density at radius 1 is 0.833 bits per heavy atom. The molecule has 0 saturated heterocycles. The van der Waals surface area contributed by atoms with Gasteiger partial charge in [0.2, 0.25) is 0 Å². The minimum atomic E-state index is -3.69. The first-order valence-electron chi connectivity index (χ1n) is 7.60. The van der Waals surface area contributed by atoms with Crippen LogP contribution in [0.15, 0.2) is 41.6 Å². The predicted molar refractivity (Wildman–Crippen MR) is 95.7 cm³/mol. The Morgan fingerprint density at radius 3 is 2.04 bits per heavy atom. The second-order valence-electron chi connectivity index (χ2n) is 5.95. The summed E-state index contributed by atoms with van der Waals surface area (Å²) in [6.45, 7) is 7.52. The molecule has 0 fully saturated rings. The summed E-state index contributed by atoms with van der Waals surface area (Å²) in [4.78, 5) is 8.75. The third-order valence-corrected chi connectivity index (χ3v) is 5.94. The Morgan fingerprint density at radius 2 is 1.42 bits per heavy atom. The maximum Gasteiger partial charge on any atom is 0.262 e. The summed E-state index contributed by atoms with van der Waals surface area (Å²) < 4.78 is 28.5. The summed E-state index contributed by atoms with van der Waals surface area (Å²) in [5.74, 6) is 0. The molecule has 0 aliphatic rings. The number of fused-ring (bicyclic) bond motifs is 1. The van der Waals surface area contributed by atoms with Crippen molar-refractivity contribution in [2.45, 2.75) is 32.6 Å². The zero-order valence-electron chi connectivity index (χ0n) is 14.1. The number of hydrogen-bond acceptors (Lipinski definition) is 4. The van der Waals surface area contributed by atoms with E-state index in [1.54, 1.807) is 30.6 Å². The van der Waals surface area contributed by atoms with E-state index < -0.39 is 10.0 Å². The minimum Gasteiger partial charge on any atom is -0.280 e. The standard InChI is InChI=1S/C18H19N3O2S/c1-11-9-12(2)14(4)18(13(11)3)24(22,23)21-15-5-6-16-17(10-15)20-8-7-19-16/h5-10,21H,1-4H3. The fraction of sp³-hybridized carbons (Fsp3) is 0.222. The third-order valence-electron chi connectivity index (χ3n) is 4.29. The first-order chi connectivity index (χ1) is 11.3. The van der Waals surface area contributed by atoms with Gasteiger partial charge in [0.15, 0.2) is 0 Å². The highest BCUT2D eigenvalue weighted by Gasteiger charge is 2.22. The van der Waals surface area contributed by atoms with Crippen LogP contribution < -0.4 is 4.72 Å². The molecule has 124 valence electrons. The van der Waals surface area contributed by atoms with E-state index in [0.29, 0.717) is 16.1 Å². The average Bonchev–Trinajstić information content (AvgIpc) is 2.52. The van der Waals surface area contributed by atoms with Crippen LogP contribution in [0.4, 0.5) is 5.69 Å². The SMILES string of the molecule is Cc1cc(C)c(C)c(S(=O)(=O)Nc2ccc3nccnc3c2)c1C. The van der Waals surface area contributed by atoms with Crippen LogP contribution in [0, 0.1) is 27.7 Å². The van der Waals surface area contributed by atoms with Crippen molar-refractivity contribution >= 4 is 26.7 Å². The van der Waals surface area contributed by atoms with Gasteiger partial charge in [-0.05, 0) is 68.1 Å². The highest BCUT2D eigenvalue weighted by molar-refractivity contribution is 7.92. The van der Waals surface area contributed by atoms with Crippen LogP contribution in [0.2, 0.25) is 0 Å². The molecule has 6 heteroatoms. The summed E-state index contributed by atoms with van der Waals surface area (Å²) in [5, 5.41) is 0. The van der Waals surface area contributed by atoms with Gasteiger partial charge in [-0.2, -0.15) is 0 Å². The summed E-state index contributed by atoms with van der Waals surface area (Å²) in [5.41, 5.74) is 5.30. The monoisotopic (exact) mass is 341 g/mol. The van der Waals surface area contributed by atoms with Crippen molar-refractivity contribution in [1.29, 1.82) is 0 Å². The molecule has 0 atom stereocenters. The fourth-order valence-corrected chi connectivity index (χ4v) is 4.48. The molecule has 0 unspecified atom stereocenters. The normalized spacial score (nSPS) is 11.7. The van der Waals surface area contributed by atoms with Crippen LogP contribution in [-0.2, 0) is 10.0 Å². The molecule has 1 heterocycles. The van der Waals surface area contributed by atoms with Crippen LogP contribution in [0.5, 0.6) is 0 Å². The number of aromatic nitrogens is 2. The number of benzene rings is 2. The van der Waals surface area contributed by atoms with Gasteiger partial charge in [-0.1, -0.05) is 6.07 Å². The number of nitrogens with zero attached hydrogens (tertiary/aromatic N) is 2. The second kappa shape index (κ2) is 5.87. The van der Waals surface area contributed by atoms with Gasteiger partial charge in [0.05, 0.1) is 21.6 Å². The van der Waals surface area contributed by atoms with Crippen LogP contribution in [0.1, 0.15) is 22.3 Å². The average molecular weight is 341 g/mol. The van der Waals surface area contributed by atoms with Gasteiger partial charge in [0.1, 0.15) is 0 Å². The van der Waals surface area contributed by atoms with E-state index >= 15 is 0 Å². The lowest BCUT2D eigenvalue weighted by Gasteiger charge is -2.16. The first-order valence-corrected chi connectivity index (χ1v) is 9.09. The number of rotatable bonds is 3. The third kappa shape index (κ3) is 2.85. The zero-order valence-corrected chi connectivity index (χ0v) is 14.9. The minimum absolute atomic E-state index is 0.347. The molecular formula is C18H19N3O2S. The van der Waals surface area contributed by atoms with Gasteiger partial charge in [-0.3, -0.25) is 14.7 Å². The van der Waals surface area contributed by atoms with Gasteiger partial charge in [0.25, 0.3) is 10.0 Å². The molecule has 3 aromatic rings. The summed E-state index contributed by atoms with van der Waals surface area (Å²) >= 11 is 0. The van der Waals surface area contributed by atoms with E-state index in [9.17, 15) is 8.42 Å². The van der Waals surface area contributed by atoms with Crippen molar-refractivity contribution < 1.29 is 8.42 Å². The molecule has 0 amide bonds. The lowest BCUT2D eigenvalue weighted by atomic mass is 10.0. The van der Waals surface area contributed by atoms with E-state index in [-0.39, 0.29) is 0 Å². The van der Waals surface area contributed by atoms with Crippen LogP contribution in [-0.4, -0.2) is 18.4 Å². The number of sulfonamides is 1. The smallest absolute Gasteiger partial charge is 0.262 e. The predicted octanol–water partition coefficient (Wildman–Crippen LogP) is 3.66. The molecule has 0 saturated carbocycles. The maximum atomic E-state index is 12.9. The Labute approximate surface area is 141 Å². The first kappa shape index (κ1) is 16.4. The molecule has 24 heavy (non-hydrogen) atoms.